The number of hydrogen-bond acceptors (Lipinski definition) is 3. The Balaban J connectivity index is 2.76. The van der Waals surface area contributed by atoms with Gasteiger partial charge in [-0.3, -0.25) is 4.79 Å². The first kappa shape index (κ1) is 15.0. The maximum absolute atomic E-state index is 11.3. The summed E-state index contributed by atoms with van der Waals surface area (Å²) in [6.07, 6.45) is 1.47. The number of aryl methyl sites for hydroxylation is 1. The van der Waals surface area contributed by atoms with Crippen molar-refractivity contribution >= 4 is 12.4 Å². The minimum absolute atomic E-state index is 0.351. The van der Waals surface area contributed by atoms with E-state index in [-0.39, 0.29) is 0 Å². The van der Waals surface area contributed by atoms with E-state index in [1.807, 2.05) is 24.3 Å². The second-order valence-electron chi connectivity index (χ2n) is 4.64. The number of nitrogens with zero attached hydrogens (tertiary/aromatic N) is 1. The van der Waals surface area contributed by atoms with Crippen LogP contribution < -0.4 is 4.74 Å². The minimum Gasteiger partial charge on any atom is -0.497 e. The third-order valence-corrected chi connectivity index (χ3v) is 3.46. The number of carbonyl (C=O) groups is 2. The zero-order valence-corrected chi connectivity index (χ0v) is 11.4. The highest BCUT2D eigenvalue weighted by Gasteiger charge is 2.36. The monoisotopic (exact) mass is 265 g/mol. The fourth-order valence-electron chi connectivity index (χ4n) is 1.73. The average molecular weight is 265 g/mol. The summed E-state index contributed by atoms with van der Waals surface area (Å²) < 4.78 is 5.06. The molecule has 5 heteroatoms. The van der Waals surface area contributed by atoms with E-state index in [9.17, 15) is 14.7 Å². The number of likely N-dealkylation sites (N-methyl/N-ethyl adjacent to an activating group) is 1. The van der Waals surface area contributed by atoms with Crippen LogP contribution in [-0.4, -0.2) is 42.1 Å². The first-order valence-electron chi connectivity index (χ1n) is 5.98. The lowest BCUT2D eigenvalue weighted by Gasteiger charge is -2.32. The molecule has 0 fully saturated rings. The highest BCUT2D eigenvalue weighted by atomic mass is 16.5. The molecule has 5 nitrogen and oxygen atoms in total. The van der Waals surface area contributed by atoms with Crippen molar-refractivity contribution in [3.63, 3.8) is 0 Å². The van der Waals surface area contributed by atoms with E-state index in [0.29, 0.717) is 19.3 Å². The fraction of sp³-hybridized carbons (Fsp3) is 0.429. The molecule has 0 heterocycles. The molecular weight excluding hydrogens is 246 g/mol. The van der Waals surface area contributed by atoms with Gasteiger partial charge in [-0.1, -0.05) is 12.1 Å². The molecule has 0 aliphatic rings. The summed E-state index contributed by atoms with van der Waals surface area (Å²) in [5.74, 6) is -0.245. The smallest absolute Gasteiger partial charge is 0.329 e. The fourth-order valence-corrected chi connectivity index (χ4v) is 1.73. The third kappa shape index (κ3) is 3.47. The summed E-state index contributed by atoms with van der Waals surface area (Å²) in [6.45, 7) is 1.55. The molecule has 1 N–H and O–H groups in total. The molecular formula is C14H19NO4. The number of carbonyl (C=O) groups excluding carboxylic acids is 1. The number of hydrogen-bond donors (Lipinski definition) is 1. The molecule has 0 bridgehead atoms. The van der Waals surface area contributed by atoms with E-state index in [2.05, 4.69) is 0 Å². The van der Waals surface area contributed by atoms with Crippen LogP contribution in [0.2, 0.25) is 0 Å². The Morgan fingerprint density at radius 3 is 2.42 bits per heavy atom. The van der Waals surface area contributed by atoms with Crippen molar-refractivity contribution in [2.24, 2.45) is 0 Å². The quantitative estimate of drug-likeness (QED) is 0.760. The highest BCUT2D eigenvalue weighted by Crippen LogP contribution is 2.21. The molecule has 1 aromatic carbocycles. The van der Waals surface area contributed by atoms with Gasteiger partial charge in [0, 0.05) is 7.05 Å². The molecule has 1 unspecified atom stereocenters. The zero-order valence-electron chi connectivity index (χ0n) is 11.4. The maximum atomic E-state index is 11.3. The van der Waals surface area contributed by atoms with Gasteiger partial charge in [0.1, 0.15) is 11.3 Å². The molecule has 1 atom stereocenters. The van der Waals surface area contributed by atoms with Crippen molar-refractivity contribution in [3.8, 4) is 5.75 Å². The molecule has 0 aliphatic carbocycles. The molecule has 104 valence electrons. The van der Waals surface area contributed by atoms with Gasteiger partial charge >= 0.3 is 5.97 Å². The Kier molecular flexibility index (Phi) is 4.92. The summed E-state index contributed by atoms with van der Waals surface area (Å²) >= 11 is 0. The maximum Gasteiger partial charge on any atom is 0.329 e. The van der Waals surface area contributed by atoms with Gasteiger partial charge in [0.05, 0.1) is 7.11 Å². The molecule has 1 aromatic rings. The van der Waals surface area contributed by atoms with Crippen LogP contribution in [0.15, 0.2) is 24.3 Å². The molecule has 1 amide bonds. The van der Waals surface area contributed by atoms with Crippen LogP contribution in [0, 0.1) is 0 Å². The van der Waals surface area contributed by atoms with Crippen molar-refractivity contribution in [2.45, 2.75) is 25.3 Å². The van der Waals surface area contributed by atoms with Crippen molar-refractivity contribution in [3.05, 3.63) is 29.8 Å². The number of amides is 1. The molecule has 19 heavy (non-hydrogen) atoms. The summed E-state index contributed by atoms with van der Waals surface area (Å²) in [5.41, 5.74) is -0.186. The normalized spacial score (nSPS) is 13.4. The zero-order chi connectivity index (χ0) is 14.5. The van der Waals surface area contributed by atoms with Crippen LogP contribution in [0.3, 0.4) is 0 Å². The standard InChI is InChI=1S/C14H19NO4/c1-14(13(17)18,15(2)10-16)9-8-11-4-6-12(19-3)7-5-11/h4-7,10H,8-9H2,1-3H3,(H,17,18). The van der Waals surface area contributed by atoms with Gasteiger partial charge in [-0.25, -0.2) is 4.79 Å². The predicted octanol–water partition coefficient (Wildman–Crippen LogP) is 1.56. The van der Waals surface area contributed by atoms with Crippen molar-refractivity contribution < 1.29 is 19.4 Å². The van der Waals surface area contributed by atoms with E-state index in [1.165, 1.54) is 11.9 Å². The second-order valence-corrected chi connectivity index (χ2v) is 4.64. The van der Waals surface area contributed by atoms with Gasteiger partial charge in [-0.05, 0) is 37.5 Å². The number of aliphatic carboxylic acids is 1. The number of carboxylic acids is 1. The van der Waals surface area contributed by atoms with Crippen LogP contribution in [-0.2, 0) is 16.0 Å². The summed E-state index contributed by atoms with van der Waals surface area (Å²) in [4.78, 5) is 23.3. The number of methoxy groups -OCH3 is 1. The molecule has 0 aromatic heterocycles. The van der Waals surface area contributed by atoms with Crippen molar-refractivity contribution in [1.29, 1.82) is 0 Å². The molecule has 0 saturated carbocycles. The van der Waals surface area contributed by atoms with Gasteiger partial charge in [0.15, 0.2) is 0 Å². The first-order chi connectivity index (χ1) is 8.93. The Bertz CT molecular complexity index is 443. The Morgan fingerprint density at radius 2 is 2.00 bits per heavy atom. The molecule has 0 saturated heterocycles. The van der Waals surface area contributed by atoms with Gasteiger partial charge < -0.3 is 14.7 Å². The SMILES string of the molecule is COc1ccc(CCC(C)(C(=O)O)N(C)C=O)cc1. The molecule has 0 aliphatic heterocycles. The van der Waals surface area contributed by atoms with Gasteiger partial charge in [-0.2, -0.15) is 0 Å². The summed E-state index contributed by atoms with van der Waals surface area (Å²) in [6, 6.07) is 7.44. The van der Waals surface area contributed by atoms with Crippen molar-refractivity contribution in [2.75, 3.05) is 14.2 Å². The van der Waals surface area contributed by atoms with E-state index < -0.39 is 11.5 Å². The van der Waals surface area contributed by atoms with Gasteiger partial charge in [-0.15, -0.1) is 0 Å². The van der Waals surface area contributed by atoms with Crippen LogP contribution in [0.25, 0.3) is 0 Å². The molecule has 0 radical (unpaired) electrons. The Morgan fingerprint density at radius 1 is 1.42 bits per heavy atom. The largest absolute Gasteiger partial charge is 0.497 e. The van der Waals surface area contributed by atoms with Crippen LogP contribution in [0.4, 0.5) is 0 Å². The van der Waals surface area contributed by atoms with Gasteiger partial charge in [0.2, 0.25) is 6.41 Å². The lowest BCUT2D eigenvalue weighted by Crippen LogP contribution is -2.50. The van der Waals surface area contributed by atoms with E-state index in [0.717, 1.165) is 11.3 Å². The number of ether oxygens (including phenoxy) is 1. The summed E-state index contributed by atoms with van der Waals surface area (Å²) in [7, 11) is 3.07. The molecule has 0 spiro atoms. The van der Waals surface area contributed by atoms with Crippen LogP contribution in [0.1, 0.15) is 18.9 Å². The summed E-state index contributed by atoms with van der Waals surface area (Å²) in [5, 5.41) is 9.27. The van der Waals surface area contributed by atoms with Crippen LogP contribution in [0.5, 0.6) is 5.75 Å². The number of rotatable bonds is 7. The number of benzene rings is 1. The minimum atomic E-state index is -1.19. The lowest BCUT2D eigenvalue weighted by molar-refractivity contribution is -0.153. The lowest BCUT2D eigenvalue weighted by atomic mass is 9.92. The highest BCUT2D eigenvalue weighted by molar-refractivity contribution is 5.80. The van der Waals surface area contributed by atoms with Gasteiger partial charge in [0.25, 0.3) is 0 Å². The van der Waals surface area contributed by atoms with Crippen LogP contribution >= 0.6 is 0 Å². The third-order valence-electron chi connectivity index (χ3n) is 3.46. The van der Waals surface area contributed by atoms with E-state index in [1.54, 1.807) is 14.0 Å². The van der Waals surface area contributed by atoms with E-state index >= 15 is 0 Å². The Hall–Kier alpha value is -2.04. The van der Waals surface area contributed by atoms with E-state index in [4.69, 9.17) is 4.74 Å². The van der Waals surface area contributed by atoms with Crippen molar-refractivity contribution in [1.82, 2.24) is 4.90 Å². The average Bonchev–Trinajstić information content (AvgIpc) is 2.44. The Labute approximate surface area is 112 Å². The predicted molar refractivity (Wildman–Crippen MR) is 71.2 cm³/mol. The molecule has 1 rings (SSSR count). The number of carboxylic acid groups (broad SMARTS) is 1. The second kappa shape index (κ2) is 6.22. The topological polar surface area (TPSA) is 66.8 Å². The first-order valence-corrected chi connectivity index (χ1v) is 5.98.